The molecule has 3 rings (SSSR count). The maximum Gasteiger partial charge on any atom is 0.275 e. The number of rotatable bonds is 8. The van der Waals surface area contributed by atoms with Gasteiger partial charge in [-0.3, -0.25) is 14.7 Å². The van der Waals surface area contributed by atoms with Gasteiger partial charge in [-0.05, 0) is 42.9 Å². The number of nitrogens with one attached hydrogen (secondary N) is 2. The molecule has 2 aromatic heterocycles. The van der Waals surface area contributed by atoms with E-state index in [0.717, 1.165) is 24.6 Å². The molecule has 8 heteroatoms. The molecule has 0 aromatic carbocycles. The van der Waals surface area contributed by atoms with Crippen molar-refractivity contribution in [2.24, 2.45) is 0 Å². The lowest BCUT2D eigenvalue weighted by Crippen LogP contribution is -2.17. The second-order valence-electron chi connectivity index (χ2n) is 5.90. The van der Waals surface area contributed by atoms with Crippen molar-refractivity contribution in [3.8, 4) is 0 Å². The Bertz CT molecular complexity index is 708. The average Bonchev–Trinajstić information content (AvgIpc) is 3.23. The predicted octanol–water partition coefficient (Wildman–Crippen LogP) is 2.35. The van der Waals surface area contributed by atoms with Crippen LogP contribution in [0.2, 0.25) is 0 Å². The molecule has 0 saturated carbocycles. The van der Waals surface area contributed by atoms with Gasteiger partial charge in [-0.2, -0.15) is 11.8 Å². The summed E-state index contributed by atoms with van der Waals surface area (Å²) >= 11 is 3.74. The van der Waals surface area contributed by atoms with Gasteiger partial charge in [0, 0.05) is 29.5 Å². The van der Waals surface area contributed by atoms with Crippen LogP contribution < -0.4 is 16.6 Å². The van der Waals surface area contributed by atoms with E-state index in [-0.39, 0.29) is 11.2 Å². The first-order valence-electron chi connectivity index (χ1n) is 8.16. The van der Waals surface area contributed by atoms with E-state index in [2.05, 4.69) is 31.6 Å². The summed E-state index contributed by atoms with van der Waals surface area (Å²) < 4.78 is 0. The molecule has 1 aliphatic heterocycles. The highest BCUT2D eigenvalue weighted by molar-refractivity contribution is 7.98. The van der Waals surface area contributed by atoms with E-state index in [1.54, 1.807) is 0 Å². The second kappa shape index (κ2) is 8.55. The summed E-state index contributed by atoms with van der Waals surface area (Å²) in [6, 6.07) is 2.34. The molecule has 24 heavy (non-hydrogen) atoms. The Morgan fingerprint density at radius 1 is 1.42 bits per heavy atom. The number of nitrogens with zero attached hydrogens (tertiary/aromatic N) is 2. The number of hydrogen-bond acceptors (Lipinski definition) is 7. The van der Waals surface area contributed by atoms with E-state index in [1.807, 2.05) is 23.1 Å². The van der Waals surface area contributed by atoms with Crippen molar-refractivity contribution in [1.82, 2.24) is 14.9 Å². The van der Waals surface area contributed by atoms with Gasteiger partial charge in [-0.25, -0.2) is 4.98 Å². The van der Waals surface area contributed by atoms with Gasteiger partial charge in [0.25, 0.3) is 5.56 Å². The standard InChI is InChI=1S/C16H23N5OS2/c17-14-8-19-16(20-15(14)22)18-3-6-23-10-12-7-13(24-11-12)9-21-4-1-2-5-21/h7-8,11H,1-6,9-10,17H2,(H2,18,19,20,22). The molecular formula is C16H23N5OS2. The van der Waals surface area contributed by atoms with Gasteiger partial charge in [-0.1, -0.05) is 0 Å². The van der Waals surface area contributed by atoms with Crippen LogP contribution in [0.1, 0.15) is 23.3 Å². The number of hydrogen-bond donors (Lipinski definition) is 3. The van der Waals surface area contributed by atoms with Crippen LogP contribution in [-0.4, -0.2) is 40.3 Å². The third-order valence-electron chi connectivity index (χ3n) is 3.92. The van der Waals surface area contributed by atoms with Crippen LogP contribution in [-0.2, 0) is 12.3 Å². The zero-order valence-corrected chi connectivity index (χ0v) is 15.2. The minimum Gasteiger partial charge on any atom is -0.393 e. The first kappa shape index (κ1) is 17.3. The molecule has 130 valence electrons. The molecule has 6 nitrogen and oxygen atoms in total. The van der Waals surface area contributed by atoms with E-state index in [0.29, 0.717) is 5.95 Å². The highest BCUT2D eigenvalue weighted by atomic mass is 32.2. The molecule has 0 bridgehead atoms. The van der Waals surface area contributed by atoms with E-state index in [1.165, 1.54) is 42.6 Å². The number of anilines is 2. The lowest BCUT2D eigenvalue weighted by molar-refractivity contribution is 0.334. The summed E-state index contributed by atoms with van der Waals surface area (Å²) in [7, 11) is 0. The molecule has 4 N–H and O–H groups in total. The van der Waals surface area contributed by atoms with Crippen LogP contribution in [0.4, 0.5) is 11.6 Å². The minimum atomic E-state index is -0.302. The molecule has 0 atom stereocenters. The summed E-state index contributed by atoms with van der Waals surface area (Å²) in [5, 5.41) is 5.37. The van der Waals surface area contributed by atoms with Crippen molar-refractivity contribution >= 4 is 34.7 Å². The largest absolute Gasteiger partial charge is 0.393 e. The molecule has 1 aliphatic rings. The molecule has 0 radical (unpaired) electrons. The van der Waals surface area contributed by atoms with E-state index < -0.39 is 0 Å². The number of thiophene rings is 1. The fraction of sp³-hybridized carbons (Fsp3) is 0.500. The third kappa shape index (κ3) is 4.99. The number of nitrogens with two attached hydrogens (primary N) is 1. The van der Waals surface area contributed by atoms with Gasteiger partial charge in [0.2, 0.25) is 5.95 Å². The van der Waals surface area contributed by atoms with Crippen LogP contribution in [0.15, 0.2) is 22.4 Å². The summed E-state index contributed by atoms with van der Waals surface area (Å²) in [6.45, 7) is 4.35. The molecule has 3 heterocycles. The number of aromatic nitrogens is 2. The van der Waals surface area contributed by atoms with Gasteiger partial charge < -0.3 is 11.1 Å². The van der Waals surface area contributed by atoms with Gasteiger partial charge in [0.1, 0.15) is 5.69 Å². The molecule has 2 aromatic rings. The van der Waals surface area contributed by atoms with E-state index >= 15 is 0 Å². The first-order valence-corrected chi connectivity index (χ1v) is 10.2. The fourth-order valence-electron chi connectivity index (χ4n) is 2.67. The van der Waals surface area contributed by atoms with Gasteiger partial charge in [-0.15, -0.1) is 11.3 Å². The predicted molar refractivity (Wildman–Crippen MR) is 103 cm³/mol. The number of nitrogen functional groups attached to an aromatic ring is 1. The van der Waals surface area contributed by atoms with Crippen molar-refractivity contribution in [2.75, 3.05) is 36.4 Å². The summed E-state index contributed by atoms with van der Waals surface area (Å²) in [5.74, 6) is 2.44. The van der Waals surface area contributed by atoms with Crippen molar-refractivity contribution in [3.63, 3.8) is 0 Å². The van der Waals surface area contributed by atoms with Crippen LogP contribution >= 0.6 is 23.1 Å². The Labute approximate surface area is 149 Å². The SMILES string of the molecule is Nc1cnc(NCCSCc2csc(CN3CCCC3)c2)[nH]c1=O. The monoisotopic (exact) mass is 365 g/mol. The van der Waals surface area contributed by atoms with Gasteiger partial charge in [0.15, 0.2) is 0 Å². The number of thioether (sulfide) groups is 1. The molecule has 0 amide bonds. The quantitative estimate of drug-likeness (QED) is 0.623. The lowest BCUT2D eigenvalue weighted by Gasteiger charge is -2.12. The van der Waals surface area contributed by atoms with Crippen molar-refractivity contribution in [3.05, 3.63) is 38.4 Å². The molecule has 1 saturated heterocycles. The lowest BCUT2D eigenvalue weighted by atomic mass is 10.3. The Hall–Kier alpha value is -1.51. The Kier molecular flexibility index (Phi) is 6.17. The Morgan fingerprint density at radius 3 is 3.04 bits per heavy atom. The maximum absolute atomic E-state index is 11.4. The smallest absolute Gasteiger partial charge is 0.275 e. The third-order valence-corrected chi connectivity index (χ3v) is 5.92. The molecule has 1 fully saturated rings. The van der Waals surface area contributed by atoms with E-state index in [9.17, 15) is 4.79 Å². The van der Waals surface area contributed by atoms with Crippen LogP contribution in [0.25, 0.3) is 0 Å². The van der Waals surface area contributed by atoms with Gasteiger partial charge in [0.05, 0.1) is 6.20 Å². The highest BCUT2D eigenvalue weighted by Gasteiger charge is 2.12. The highest BCUT2D eigenvalue weighted by Crippen LogP contribution is 2.22. The average molecular weight is 366 g/mol. The Morgan fingerprint density at radius 2 is 2.25 bits per heavy atom. The van der Waals surface area contributed by atoms with Crippen molar-refractivity contribution in [1.29, 1.82) is 0 Å². The van der Waals surface area contributed by atoms with Crippen LogP contribution in [0.5, 0.6) is 0 Å². The minimum absolute atomic E-state index is 0.136. The molecule has 0 spiro atoms. The molecular weight excluding hydrogens is 342 g/mol. The van der Waals surface area contributed by atoms with Gasteiger partial charge >= 0.3 is 0 Å². The summed E-state index contributed by atoms with van der Waals surface area (Å²) in [4.78, 5) is 22.0. The number of H-pyrrole nitrogens is 1. The van der Waals surface area contributed by atoms with Crippen LogP contribution in [0, 0.1) is 0 Å². The summed E-state index contributed by atoms with van der Waals surface area (Å²) in [5.41, 5.74) is 6.68. The first-order chi connectivity index (χ1) is 11.7. The number of aromatic amines is 1. The molecule has 0 unspecified atom stereocenters. The van der Waals surface area contributed by atoms with Crippen molar-refractivity contribution in [2.45, 2.75) is 25.1 Å². The molecule has 0 aliphatic carbocycles. The van der Waals surface area contributed by atoms with Crippen molar-refractivity contribution < 1.29 is 0 Å². The Balaban J connectivity index is 1.35. The number of likely N-dealkylation sites (tertiary alicyclic amines) is 1. The fourth-order valence-corrected chi connectivity index (χ4v) is 4.50. The second-order valence-corrected chi connectivity index (χ2v) is 8.00. The van der Waals surface area contributed by atoms with E-state index in [4.69, 9.17) is 5.73 Å². The topological polar surface area (TPSA) is 87.0 Å². The normalized spacial score (nSPS) is 15.0. The zero-order valence-electron chi connectivity index (χ0n) is 13.6. The zero-order chi connectivity index (χ0) is 16.8. The maximum atomic E-state index is 11.4. The van der Waals surface area contributed by atoms with Crippen LogP contribution in [0.3, 0.4) is 0 Å². The summed E-state index contributed by atoms with van der Waals surface area (Å²) in [6.07, 6.45) is 4.06.